The van der Waals surface area contributed by atoms with E-state index in [9.17, 15) is 14.4 Å². The number of anilines is 1. The highest BCUT2D eigenvalue weighted by molar-refractivity contribution is 6.39. The molecular weight excluding hydrogens is 465 g/mol. The largest absolute Gasteiger partial charge is 0.423 e. The standard InChI is InChI=1S/C24H19Cl2N3O4/c1-2-15-6-9-18(10-7-15)28-22(30)23(31)29-27-14-16-4-3-5-19(12-16)33-24(32)20-11-8-17(25)13-21(20)26/h3-14H,2H2,1H3,(H,28,30)(H,29,31)/b27-14-. The van der Waals surface area contributed by atoms with E-state index in [1.54, 1.807) is 30.3 Å². The third kappa shape index (κ3) is 6.90. The minimum absolute atomic E-state index is 0.169. The van der Waals surface area contributed by atoms with E-state index in [1.807, 2.05) is 19.1 Å². The Labute approximate surface area is 200 Å². The van der Waals surface area contributed by atoms with Crippen LogP contribution in [0.2, 0.25) is 10.0 Å². The number of ether oxygens (including phenoxy) is 1. The van der Waals surface area contributed by atoms with Gasteiger partial charge in [0.25, 0.3) is 0 Å². The number of hydrogen-bond acceptors (Lipinski definition) is 5. The molecule has 0 heterocycles. The van der Waals surface area contributed by atoms with E-state index >= 15 is 0 Å². The first-order valence-corrected chi connectivity index (χ1v) is 10.6. The van der Waals surface area contributed by atoms with Crippen LogP contribution in [0.15, 0.2) is 71.8 Å². The van der Waals surface area contributed by atoms with Crippen LogP contribution in [0, 0.1) is 0 Å². The summed E-state index contributed by atoms with van der Waals surface area (Å²) in [5.41, 5.74) is 4.47. The van der Waals surface area contributed by atoms with E-state index in [0.717, 1.165) is 12.0 Å². The summed E-state index contributed by atoms with van der Waals surface area (Å²) in [5.74, 6) is -2.18. The van der Waals surface area contributed by atoms with Crippen LogP contribution >= 0.6 is 23.2 Å². The molecule has 3 aromatic rings. The maximum absolute atomic E-state index is 12.3. The quantitative estimate of drug-likeness (QED) is 0.172. The normalized spacial score (nSPS) is 10.6. The van der Waals surface area contributed by atoms with Crippen molar-refractivity contribution >= 4 is 52.9 Å². The molecule has 0 spiro atoms. The van der Waals surface area contributed by atoms with Crippen molar-refractivity contribution in [1.29, 1.82) is 0 Å². The van der Waals surface area contributed by atoms with Gasteiger partial charge in [0.2, 0.25) is 0 Å². The fraction of sp³-hybridized carbons (Fsp3) is 0.0833. The molecule has 3 aromatic carbocycles. The lowest BCUT2D eigenvalue weighted by Gasteiger charge is -2.07. The Bertz CT molecular complexity index is 1210. The van der Waals surface area contributed by atoms with E-state index in [0.29, 0.717) is 16.3 Å². The molecule has 0 bridgehead atoms. The molecule has 2 amide bonds. The molecule has 7 nitrogen and oxygen atoms in total. The van der Waals surface area contributed by atoms with Gasteiger partial charge >= 0.3 is 17.8 Å². The molecule has 0 aliphatic rings. The number of esters is 1. The smallest absolute Gasteiger partial charge is 0.345 e. The van der Waals surface area contributed by atoms with Gasteiger partial charge < -0.3 is 10.1 Å². The number of amides is 2. The van der Waals surface area contributed by atoms with Gasteiger partial charge in [-0.15, -0.1) is 0 Å². The van der Waals surface area contributed by atoms with Gasteiger partial charge in [-0.3, -0.25) is 9.59 Å². The monoisotopic (exact) mass is 483 g/mol. The number of carbonyl (C=O) groups excluding carboxylic acids is 3. The van der Waals surface area contributed by atoms with Crippen LogP contribution in [0.25, 0.3) is 0 Å². The third-order valence-corrected chi connectivity index (χ3v) is 4.97. The van der Waals surface area contributed by atoms with Crippen molar-refractivity contribution in [2.24, 2.45) is 5.10 Å². The predicted octanol–water partition coefficient (Wildman–Crippen LogP) is 4.86. The number of benzene rings is 3. The number of rotatable bonds is 6. The summed E-state index contributed by atoms with van der Waals surface area (Å²) < 4.78 is 5.33. The molecule has 3 rings (SSSR count). The topological polar surface area (TPSA) is 96.9 Å². The number of nitrogens with one attached hydrogen (secondary N) is 2. The summed E-state index contributed by atoms with van der Waals surface area (Å²) in [4.78, 5) is 36.3. The Balaban J connectivity index is 1.56. The summed E-state index contributed by atoms with van der Waals surface area (Å²) in [7, 11) is 0. The van der Waals surface area contributed by atoms with Gasteiger partial charge in [-0.2, -0.15) is 5.10 Å². The van der Waals surface area contributed by atoms with Gasteiger partial charge in [0.05, 0.1) is 16.8 Å². The first-order chi connectivity index (χ1) is 15.9. The van der Waals surface area contributed by atoms with Gasteiger partial charge in [-0.25, -0.2) is 10.2 Å². The van der Waals surface area contributed by atoms with Crippen LogP contribution in [-0.2, 0) is 16.0 Å². The molecule has 0 atom stereocenters. The van der Waals surface area contributed by atoms with Crippen LogP contribution in [0.5, 0.6) is 5.75 Å². The molecule has 168 valence electrons. The van der Waals surface area contributed by atoms with Crippen molar-refractivity contribution in [3.05, 3.63) is 93.5 Å². The second kappa shape index (κ2) is 11.3. The zero-order chi connectivity index (χ0) is 23.8. The third-order valence-electron chi connectivity index (χ3n) is 4.43. The number of nitrogens with zero attached hydrogens (tertiary/aromatic N) is 1. The number of carbonyl (C=O) groups is 3. The molecule has 0 unspecified atom stereocenters. The van der Waals surface area contributed by atoms with Crippen molar-refractivity contribution < 1.29 is 19.1 Å². The minimum Gasteiger partial charge on any atom is -0.423 e. The SMILES string of the molecule is CCc1ccc(NC(=O)C(=O)N/N=C\c2cccc(OC(=O)c3ccc(Cl)cc3Cl)c2)cc1. The first kappa shape index (κ1) is 24.0. The molecule has 0 aromatic heterocycles. The van der Waals surface area contributed by atoms with Gasteiger partial charge in [-0.1, -0.05) is 54.4 Å². The average molecular weight is 484 g/mol. The van der Waals surface area contributed by atoms with Crippen molar-refractivity contribution in [3.8, 4) is 5.75 Å². The van der Waals surface area contributed by atoms with E-state index in [2.05, 4.69) is 15.8 Å². The lowest BCUT2D eigenvalue weighted by atomic mass is 10.1. The Morgan fingerprint density at radius 3 is 2.42 bits per heavy atom. The predicted molar refractivity (Wildman–Crippen MR) is 128 cm³/mol. The molecule has 9 heteroatoms. The Kier molecular flexibility index (Phi) is 8.18. The van der Waals surface area contributed by atoms with Crippen LogP contribution in [0.4, 0.5) is 5.69 Å². The van der Waals surface area contributed by atoms with Crippen LogP contribution < -0.4 is 15.5 Å². The number of hydrazone groups is 1. The fourth-order valence-corrected chi connectivity index (χ4v) is 3.19. The highest BCUT2D eigenvalue weighted by atomic mass is 35.5. The molecule has 0 fully saturated rings. The van der Waals surface area contributed by atoms with Crippen molar-refractivity contribution in [1.82, 2.24) is 5.43 Å². The molecule has 2 N–H and O–H groups in total. The van der Waals surface area contributed by atoms with Crippen molar-refractivity contribution in [3.63, 3.8) is 0 Å². The fourth-order valence-electron chi connectivity index (χ4n) is 2.70. The molecule has 0 radical (unpaired) electrons. The number of halogens is 2. The summed E-state index contributed by atoms with van der Waals surface area (Å²) >= 11 is 11.9. The summed E-state index contributed by atoms with van der Waals surface area (Å²) in [6.45, 7) is 2.02. The van der Waals surface area contributed by atoms with E-state index in [1.165, 1.54) is 30.5 Å². The maximum atomic E-state index is 12.3. The summed E-state index contributed by atoms with van der Waals surface area (Å²) in [6, 6.07) is 18.1. The maximum Gasteiger partial charge on any atom is 0.345 e. The van der Waals surface area contributed by atoms with Crippen molar-refractivity contribution in [2.75, 3.05) is 5.32 Å². The Morgan fingerprint density at radius 2 is 1.73 bits per heavy atom. The zero-order valence-corrected chi connectivity index (χ0v) is 19.0. The first-order valence-electron chi connectivity index (χ1n) is 9.86. The van der Waals surface area contributed by atoms with E-state index in [4.69, 9.17) is 27.9 Å². The van der Waals surface area contributed by atoms with Gasteiger partial charge in [-0.05, 0) is 60.0 Å². The van der Waals surface area contributed by atoms with Crippen LogP contribution in [0.3, 0.4) is 0 Å². The second-order valence-electron chi connectivity index (χ2n) is 6.79. The molecule has 0 aliphatic carbocycles. The van der Waals surface area contributed by atoms with E-state index < -0.39 is 17.8 Å². The highest BCUT2D eigenvalue weighted by Gasteiger charge is 2.14. The molecule has 0 saturated heterocycles. The van der Waals surface area contributed by atoms with Gasteiger partial charge in [0, 0.05) is 10.7 Å². The van der Waals surface area contributed by atoms with E-state index in [-0.39, 0.29) is 16.3 Å². The summed E-state index contributed by atoms with van der Waals surface area (Å²) in [5, 5.41) is 6.84. The second-order valence-corrected chi connectivity index (χ2v) is 7.63. The van der Waals surface area contributed by atoms with Crippen molar-refractivity contribution in [2.45, 2.75) is 13.3 Å². The Morgan fingerprint density at radius 1 is 0.970 bits per heavy atom. The molecule has 0 saturated carbocycles. The number of hydrogen-bond donors (Lipinski definition) is 2. The lowest BCUT2D eigenvalue weighted by molar-refractivity contribution is -0.136. The lowest BCUT2D eigenvalue weighted by Crippen LogP contribution is -2.32. The molecular formula is C24H19Cl2N3O4. The Hall–Kier alpha value is -3.68. The number of aryl methyl sites for hydroxylation is 1. The summed E-state index contributed by atoms with van der Waals surface area (Å²) in [6.07, 6.45) is 2.19. The highest BCUT2D eigenvalue weighted by Crippen LogP contribution is 2.23. The van der Waals surface area contributed by atoms with Gasteiger partial charge in [0.15, 0.2) is 0 Å². The van der Waals surface area contributed by atoms with Crippen LogP contribution in [-0.4, -0.2) is 24.0 Å². The van der Waals surface area contributed by atoms with Crippen LogP contribution in [0.1, 0.15) is 28.4 Å². The molecule has 0 aliphatic heterocycles. The van der Waals surface area contributed by atoms with Gasteiger partial charge in [0.1, 0.15) is 5.75 Å². The average Bonchev–Trinajstić information content (AvgIpc) is 2.79. The molecule has 33 heavy (non-hydrogen) atoms. The zero-order valence-electron chi connectivity index (χ0n) is 17.5. The minimum atomic E-state index is -0.925.